The monoisotopic (exact) mass is 502 g/mol. The molecule has 3 heterocycles. The van der Waals surface area contributed by atoms with Gasteiger partial charge in [-0.15, -0.1) is 0 Å². The van der Waals surface area contributed by atoms with Crippen molar-refractivity contribution in [1.82, 2.24) is 15.0 Å². The van der Waals surface area contributed by atoms with Crippen molar-refractivity contribution in [3.05, 3.63) is 80.6 Å². The maximum absolute atomic E-state index is 12.9. The van der Waals surface area contributed by atoms with E-state index in [9.17, 15) is 23.7 Å². The second-order valence-corrected chi connectivity index (χ2v) is 4.70. The summed E-state index contributed by atoms with van der Waals surface area (Å²) in [5, 5.41) is 10.6. The predicted octanol–water partition coefficient (Wildman–Crippen LogP) is 0.115. The fraction of sp³-hybridized carbons (Fsp3) is 0. The molecule has 0 aliphatic rings. The van der Waals surface area contributed by atoms with Gasteiger partial charge in [0.25, 0.3) is 0 Å². The van der Waals surface area contributed by atoms with Crippen molar-refractivity contribution in [1.29, 1.82) is 0 Å². The van der Waals surface area contributed by atoms with E-state index >= 15 is 0 Å². The Balaban J connectivity index is 0. The van der Waals surface area contributed by atoms with E-state index in [0.717, 1.165) is 6.20 Å². The Labute approximate surface area is 181 Å². The number of halogens is 4. The summed E-state index contributed by atoms with van der Waals surface area (Å²) < 4.78 is 25.8. The van der Waals surface area contributed by atoms with Gasteiger partial charge in [-0.25, -0.2) is 13.8 Å². The number of aromatic nitrogens is 3. The third-order valence-electron chi connectivity index (χ3n) is 2.55. The minimum absolute atomic E-state index is 0. The first-order valence-electron chi connectivity index (χ1n) is 6.10. The quantitative estimate of drug-likeness (QED) is 0.162. The smallest absolute Gasteiger partial charge is 1.00 e. The van der Waals surface area contributed by atoms with Crippen molar-refractivity contribution in [2.75, 3.05) is 0 Å². The summed E-state index contributed by atoms with van der Waals surface area (Å²) in [7, 11) is 0. The molecule has 0 spiro atoms. The number of hydrogen-bond donors (Lipinski definition) is 2. The second-order valence-electron chi connectivity index (χ2n) is 3.95. The number of pyridine rings is 2. The zero-order chi connectivity index (χ0) is 18.3. The summed E-state index contributed by atoms with van der Waals surface area (Å²) in [4.78, 5) is 28.1. The Morgan fingerprint density at radius 2 is 1.92 bits per heavy atom. The van der Waals surface area contributed by atoms with E-state index in [-0.39, 0.29) is 45.9 Å². The van der Waals surface area contributed by atoms with Crippen molar-refractivity contribution in [2.45, 2.75) is 0 Å². The Morgan fingerprint density at radius 1 is 1.31 bits per heavy atom. The summed E-state index contributed by atoms with van der Waals surface area (Å²) in [6.07, 6.45) is 3.63. The Hall–Kier alpha value is -1.63. The van der Waals surface area contributed by atoms with Crippen LogP contribution in [0.25, 0.3) is 10.9 Å². The summed E-state index contributed by atoms with van der Waals surface area (Å²) in [5.74, 6) is -1.14. The maximum atomic E-state index is 12.9. The van der Waals surface area contributed by atoms with E-state index in [4.69, 9.17) is 0 Å². The first kappa shape index (κ1) is 26.6. The van der Waals surface area contributed by atoms with Crippen LogP contribution < -0.4 is 22.5 Å². The van der Waals surface area contributed by atoms with Crippen molar-refractivity contribution in [3.63, 3.8) is 0 Å². The zero-order valence-corrected chi connectivity index (χ0v) is 17.6. The zero-order valence-electron chi connectivity index (χ0n) is 13.0. The minimum atomic E-state index is -0.943. The molecule has 0 aliphatic heterocycles. The molecule has 3 aromatic heterocycles. The fourth-order valence-corrected chi connectivity index (χ4v) is 2.00. The number of aromatic amines is 2. The fourth-order valence-electron chi connectivity index (χ4n) is 1.57. The van der Waals surface area contributed by atoms with Gasteiger partial charge in [-0.2, -0.15) is 0 Å². The van der Waals surface area contributed by atoms with Gasteiger partial charge in [0.1, 0.15) is 10.4 Å². The van der Waals surface area contributed by atoms with Crippen molar-refractivity contribution in [3.8, 4) is 0 Å². The van der Waals surface area contributed by atoms with Gasteiger partial charge in [-0.1, -0.05) is 0 Å². The summed E-state index contributed by atoms with van der Waals surface area (Å²) in [6, 6.07) is 2.25. The van der Waals surface area contributed by atoms with Crippen LogP contribution in [0.5, 0.6) is 0 Å². The Bertz CT molecular complexity index is 885. The van der Waals surface area contributed by atoms with Crippen molar-refractivity contribution < 1.29 is 30.7 Å². The SMILES string of the molecule is Fc1cnc(Br)c2[nH]ccc12.O=c1[nH]cc(F)cc1[N+](=O)[O-].[Br-].[CH-]=C.[Mg+2]. The van der Waals surface area contributed by atoms with Gasteiger partial charge in [0.15, 0.2) is 5.82 Å². The van der Waals surface area contributed by atoms with Crippen LogP contribution in [0.3, 0.4) is 0 Å². The van der Waals surface area contributed by atoms with E-state index in [1.807, 2.05) is 4.98 Å². The average Bonchev–Trinajstić information content (AvgIpc) is 3.07. The van der Waals surface area contributed by atoms with E-state index in [1.165, 1.54) is 6.20 Å². The molecule has 12 heteroatoms. The molecule has 26 heavy (non-hydrogen) atoms. The topological polar surface area (TPSA) is 105 Å². The molecule has 0 atom stereocenters. The maximum Gasteiger partial charge on any atom is 2.00 e. The molecule has 0 aliphatic carbocycles. The van der Waals surface area contributed by atoms with Gasteiger partial charge in [0.2, 0.25) is 0 Å². The summed E-state index contributed by atoms with van der Waals surface area (Å²) in [5.41, 5.74) is -0.994. The van der Waals surface area contributed by atoms with Crippen LogP contribution in [0.4, 0.5) is 14.5 Å². The van der Waals surface area contributed by atoms with Gasteiger partial charge >= 0.3 is 34.3 Å². The molecule has 3 rings (SSSR count). The summed E-state index contributed by atoms with van der Waals surface area (Å²) in [6.45, 7) is 7.00. The molecule has 2 N–H and O–H groups in total. The normalized spacial score (nSPS) is 8.73. The van der Waals surface area contributed by atoms with E-state index in [2.05, 4.69) is 39.1 Å². The number of hydrogen-bond acceptors (Lipinski definition) is 4. The molecule has 0 unspecified atom stereocenters. The van der Waals surface area contributed by atoms with Crippen molar-refractivity contribution in [2.24, 2.45) is 0 Å². The second kappa shape index (κ2) is 12.7. The first-order chi connectivity index (χ1) is 11.4. The number of rotatable bonds is 1. The Kier molecular flexibility index (Phi) is 13.0. The molecule has 134 valence electrons. The van der Waals surface area contributed by atoms with Crippen LogP contribution in [0.15, 0.2) is 46.7 Å². The number of fused-ring (bicyclic) bond motifs is 1. The summed E-state index contributed by atoms with van der Waals surface area (Å²) >= 11 is 3.20. The van der Waals surface area contributed by atoms with Crippen LogP contribution in [0.1, 0.15) is 0 Å². The number of H-pyrrole nitrogens is 2. The van der Waals surface area contributed by atoms with Crippen LogP contribution in [0.2, 0.25) is 0 Å². The number of nitrogens with zero attached hydrogens (tertiary/aromatic N) is 2. The van der Waals surface area contributed by atoms with E-state index in [1.54, 1.807) is 12.3 Å². The van der Waals surface area contributed by atoms with Gasteiger partial charge in [-0.05, 0) is 22.0 Å². The molecular weight excluding hydrogens is 494 g/mol. The predicted molar refractivity (Wildman–Crippen MR) is 93.1 cm³/mol. The van der Waals surface area contributed by atoms with Crippen molar-refractivity contribution >= 4 is 55.6 Å². The molecule has 0 saturated heterocycles. The van der Waals surface area contributed by atoms with E-state index < -0.39 is 22.0 Å². The minimum Gasteiger partial charge on any atom is -1.00 e. The average molecular weight is 504 g/mol. The molecule has 0 bridgehead atoms. The van der Waals surface area contributed by atoms with Crippen LogP contribution in [-0.2, 0) is 0 Å². The molecule has 0 amide bonds. The third kappa shape index (κ3) is 6.94. The van der Waals surface area contributed by atoms with Gasteiger partial charge in [-0.3, -0.25) is 21.5 Å². The molecule has 0 aromatic carbocycles. The van der Waals surface area contributed by atoms with Crippen LogP contribution in [-0.4, -0.2) is 42.9 Å². The first-order valence-corrected chi connectivity index (χ1v) is 6.90. The molecule has 7 nitrogen and oxygen atoms in total. The standard InChI is InChI=1S/C7H4BrFN2.C5H3FN2O3.C2H3.BrH.Mg/c8-7-6-4(1-2-10-6)5(9)3-11-7;6-3-1-4(8(10)11)5(9)7-2-3;1-2;;/h1-3,10H;1-2H,(H,7,9);1H,2H2;1H;/q;;-1;;+2/p-1. The molecule has 0 fully saturated rings. The van der Waals surface area contributed by atoms with Crippen LogP contribution >= 0.6 is 15.9 Å². The van der Waals surface area contributed by atoms with Gasteiger partial charge < -0.3 is 33.5 Å². The largest absolute Gasteiger partial charge is 2.00 e. The molecule has 0 saturated carbocycles. The molecule has 0 radical (unpaired) electrons. The van der Waals surface area contributed by atoms with Gasteiger partial charge in [0.05, 0.1) is 22.7 Å². The molecular formula is C14H10Br2F2MgN4O3. The number of nitro groups is 1. The Morgan fingerprint density at radius 3 is 2.42 bits per heavy atom. The molecule has 3 aromatic rings. The van der Waals surface area contributed by atoms with Crippen LogP contribution in [0, 0.1) is 28.3 Å². The number of nitrogens with one attached hydrogen (secondary N) is 2. The van der Waals surface area contributed by atoms with E-state index in [0.29, 0.717) is 21.6 Å². The third-order valence-corrected chi connectivity index (χ3v) is 3.15. The van der Waals surface area contributed by atoms with Gasteiger partial charge in [0, 0.05) is 17.8 Å².